The molecule has 2 aromatic carbocycles. The smallest absolute Gasteiger partial charge is 0.304 e. The Morgan fingerprint density at radius 3 is 1.73 bits per heavy atom. The Morgan fingerprint density at radius 2 is 1.25 bits per heavy atom. The first kappa shape index (κ1) is 37.2. The number of H-pyrrole nitrogens is 3. The zero-order chi connectivity index (χ0) is 35.9. The average molecular weight is 692 g/mol. The fourth-order valence-corrected chi connectivity index (χ4v) is 5.44. The van der Waals surface area contributed by atoms with E-state index in [-0.39, 0.29) is 66.6 Å². The van der Waals surface area contributed by atoms with Gasteiger partial charge in [0.2, 0.25) is 11.6 Å². The minimum absolute atomic E-state index is 0.0633. The van der Waals surface area contributed by atoms with Gasteiger partial charge in [-0.05, 0) is 54.7 Å². The highest BCUT2D eigenvalue weighted by Gasteiger charge is 2.25. The van der Waals surface area contributed by atoms with Gasteiger partial charge in [0, 0.05) is 38.8 Å². The lowest BCUT2D eigenvalue weighted by Crippen LogP contribution is -2.38. The fraction of sp³-hybridized carbons (Fsp3) is 0.294. The number of rotatable bonds is 9. The van der Waals surface area contributed by atoms with Crippen LogP contribution in [0.15, 0.2) is 55.6 Å². The zero-order valence-corrected chi connectivity index (χ0v) is 28.3. The van der Waals surface area contributed by atoms with Crippen LogP contribution in [0.25, 0.3) is 0 Å². The summed E-state index contributed by atoms with van der Waals surface area (Å²) >= 11 is 11.9. The van der Waals surface area contributed by atoms with E-state index in [1.807, 2.05) is 19.1 Å². The van der Waals surface area contributed by atoms with Crippen molar-refractivity contribution in [2.75, 3.05) is 0 Å². The zero-order valence-electron chi connectivity index (χ0n) is 26.8. The number of hydrogen-bond donors (Lipinski definition) is 3. The van der Waals surface area contributed by atoms with Crippen LogP contribution in [-0.4, -0.2) is 31.1 Å². The van der Waals surface area contributed by atoms with Crippen LogP contribution in [-0.2, 0) is 6.54 Å². The molecule has 0 spiro atoms. The molecule has 4 rings (SSSR count). The predicted molar refractivity (Wildman–Crippen MR) is 181 cm³/mol. The Morgan fingerprint density at radius 1 is 0.750 bits per heavy atom. The van der Waals surface area contributed by atoms with Crippen molar-refractivity contribution in [2.45, 2.75) is 65.8 Å². The Kier molecular flexibility index (Phi) is 12.4. The number of benzene rings is 2. The number of carbonyl (C=O) groups is 2. The monoisotopic (exact) mass is 690 g/mol. The SMILES string of the molecule is CC(C)c1c(C(=O)c2cc(Cl)cc(C#N)c2)[nH]c(=O)[nH]c1=O.CCCCn1c(C(=O)c2cc(Cl)cc(C#N)c2)c(C(C)C)c(=O)[nH]c1=O. The molecule has 48 heavy (non-hydrogen) atoms. The van der Waals surface area contributed by atoms with E-state index in [0.29, 0.717) is 13.0 Å². The summed E-state index contributed by atoms with van der Waals surface area (Å²) in [6, 6.07) is 12.3. The maximum Gasteiger partial charge on any atom is 0.328 e. The molecule has 0 saturated heterocycles. The van der Waals surface area contributed by atoms with Crippen LogP contribution in [0.5, 0.6) is 0 Å². The standard InChI is InChI=1S/C19H20ClN3O3.C15H12ClN3O3/c1-4-5-6-23-16(15(11(2)3)18(25)22-19(23)26)17(24)13-7-12(10-21)8-14(20)9-13;1-7(2)11-12(18-15(22)19-14(11)21)13(20)9-3-8(6-17)4-10(16)5-9/h7-9,11H,4-6H2,1-3H3,(H,22,25,26);3-5,7H,1-2H3,(H2,18,19,21,22). The number of halogens is 2. The first-order valence-electron chi connectivity index (χ1n) is 14.9. The van der Waals surface area contributed by atoms with E-state index in [9.17, 15) is 28.8 Å². The molecule has 0 bridgehead atoms. The highest BCUT2D eigenvalue weighted by atomic mass is 35.5. The van der Waals surface area contributed by atoms with Gasteiger partial charge in [-0.15, -0.1) is 0 Å². The number of carbonyl (C=O) groups excluding carboxylic acids is 2. The van der Waals surface area contributed by atoms with E-state index in [4.69, 9.17) is 33.7 Å². The number of hydrogen-bond acceptors (Lipinski definition) is 8. The number of ketones is 2. The summed E-state index contributed by atoms with van der Waals surface area (Å²) in [7, 11) is 0. The maximum absolute atomic E-state index is 13.2. The number of nitriles is 2. The van der Waals surface area contributed by atoms with E-state index in [1.54, 1.807) is 27.7 Å². The molecule has 12 nitrogen and oxygen atoms in total. The number of unbranched alkanes of at least 4 members (excludes halogenated alkanes) is 1. The van der Waals surface area contributed by atoms with E-state index in [1.165, 1.54) is 41.0 Å². The molecule has 0 unspecified atom stereocenters. The minimum Gasteiger partial charge on any atom is -0.304 e. The van der Waals surface area contributed by atoms with Gasteiger partial charge < -0.3 is 4.98 Å². The molecule has 14 heteroatoms. The van der Waals surface area contributed by atoms with Crippen LogP contribution in [0.1, 0.15) is 114 Å². The third kappa shape index (κ3) is 8.53. The van der Waals surface area contributed by atoms with Gasteiger partial charge in [-0.1, -0.05) is 64.2 Å². The summed E-state index contributed by atoms with van der Waals surface area (Å²) in [5.41, 5.74) is -1.38. The molecule has 2 aromatic heterocycles. The van der Waals surface area contributed by atoms with Crippen molar-refractivity contribution in [1.82, 2.24) is 19.5 Å². The molecule has 2 heterocycles. The second-order valence-corrected chi connectivity index (χ2v) is 12.2. The Labute approximate surface area is 284 Å². The lowest BCUT2D eigenvalue weighted by atomic mass is 9.96. The van der Waals surface area contributed by atoms with Crippen LogP contribution in [0, 0.1) is 22.7 Å². The molecular weight excluding hydrogens is 659 g/mol. The highest BCUT2D eigenvalue weighted by molar-refractivity contribution is 6.31. The first-order chi connectivity index (χ1) is 22.6. The van der Waals surface area contributed by atoms with Crippen molar-refractivity contribution >= 4 is 34.8 Å². The summed E-state index contributed by atoms with van der Waals surface area (Å²) in [5.74, 6) is -1.59. The van der Waals surface area contributed by atoms with Gasteiger partial charge in [0.1, 0.15) is 5.69 Å². The second kappa shape index (κ2) is 16.0. The molecular formula is C34H32Cl2N6O6. The van der Waals surface area contributed by atoms with Gasteiger partial charge in [0.15, 0.2) is 0 Å². The van der Waals surface area contributed by atoms with Crippen LogP contribution >= 0.6 is 23.2 Å². The fourth-order valence-electron chi connectivity index (χ4n) is 4.97. The first-order valence-corrected chi connectivity index (χ1v) is 15.6. The molecule has 3 N–H and O–H groups in total. The lowest BCUT2D eigenvalue weighted by Gasteiger charge is -2.17. The van der Waals surface area contributed by atoms with Crippen molar-refractivity contribution in [3.63, 3.8) is 0 Å². The van der Waals surface area contributed by atoms with Crippen molar-refractivity contribution in [1.29, 1.82) is 10.5 Å². The molecule has 0 aliphatic carbocycles. The average Bonchev–Trinajstić information content (AvgIpc) is 3.02. The molecule has 0 fully saturated rings. The summed E-state index contributed by atoms with van der Waals surface area (Å²) in [6.07, 6.45) is 1.51. The van der Waals surface area contributed by atoms with Gasteiger partial charge in [-0.2, -0.15) is 10.5 Å². The predicted octanol–water partition coefficient (Wildman–Crippen LogP) is 5.16. The van der Waals surface area contributed by atoms with E-state index in [0.717, 1.165) is 6.42 Å². The summed E-state index contributed by atoms with van der Waals surface area (Å²) < 4.78 is 1.31. The van der Waals surface area contributed by atoms with E-state index < -0.39 is 34.1 Å². The Hall–Kier alpha value is -5.30. The van der Waals surface area contributed by atoms with Gasteiger partial charge in [0.05, 0.1) is 29.0 Å². The number of nitrogens with one attached hydrogen (secondary N) is 3. The molecule has 0 aliphatic heterocycles. The topological polar surface area (TPSA) is 202 Å². The third-order valence-corrected chi connectivity index (χ3v) is 7.56. The highest BCUT2D eigenvalue weighted by Crippen LogP contribution is 2.23. The van der Waals surface area contributed by atoms with E-state index >= 15 is 0 Å². The van der Waals surface area contributed by atoms with E-state index in [2.05, 4.69) is 15.0 Å². The second-order valence-electron chi connectivity index (χ2n) is 11.4. The summed E-state index contributed by atoms with van der Waals surface area (Å²) in [5, 5.41) is 18.5. The third-order valence-electron chi connectivity index (χ3n) is 7.13. The van der Waals surface area contributed by atoms with Crippen LogP contribution in [0.4, 0.5) is 0 Å². The Balaban J connectivity index is 0.000000264. The molecule has 0 saturated carbocycles. The maximum atomic E-state index is 13.2. The molecule has 0 amide bonds. The van der Waals surface area contributed by atoms with Gasteiger partial charge >= 0.3 is 11.4 Å². The largest absolute Gasteiger partial charge is 0.328 e. The molecule has 0 aliphatic rings. The van der Waals surface area contributed by atoms with Crippen LogP contribution in [0.2, 0.25) is 10.0 Å². The van der Waals surface area contributed by atoms with Crippen molar-refractivity contribution in [3.05, 3.63) is 133 Å². The van der Waals surface area contributed by atoms with Crippen molar-refractivity contribution < 1.29 is 9.59 Å². The van der Waals surface area contributed by atoms with Crippen molar-refractivity contribution in [3.8, 4) is 12.1 Å². The van der Waals surface area contributed by atoms with Gasteiger partial charge in [-0.25, -0.2) is 9.59 Å². The molecule has 0 radical (unpaired) electrons. The van der Waals surface area contributed by atoms with Gasteiger partial charge in [0.25, 0.3) is 11.1 Å². The van der Waals surface area contributed by atoms with Gasteiger partial charge in [-0.3, -0.25) is 33.7 Å². The number of aromatic nitrogens is 4. The lowest BCUT2D eigenvalue weighted by molar-refractivity contribution is 0.102. The molecule has 248 valence electrons. The van der Waals surface area contributed by atoms with Crippen molar-refractivity contribution in [2.24, 2.45) is 0 Å². The molecule has 0 atom stereocenters. The number of nitrogens with zero attached hydrogens (tertiary/aromatic N) is 3. The summed E-state index contributed by atoms with van der Waals surface area (Å²) in [4.78, 5) is 80.7. The quantitative estimate of drug-likeness (QED) is 0.200. The minimum atomic E-state index is -0.764. The Bertz CT molecular complexity index is 2210. The normalized spacial score (nSPS) is 10.6. The molecule has 4 aromatic rings. The van der Waals surface area contributed by atoms with Crippen LogP contribution in [0.3, 0.4) is 0 Å². The summed E-state index contributed by atoms with van der Waals surface area (Å²) in [6.45, 7) is 9.33. The van der Waals surface area contributed by atoms with Crippen LogP contribution < -0.4 is 22.5 Å². The number of aromatic amines is 3.